The van der Waals surface area contributed by atoms with Crippen molar-refractivity contribution in [2.75, 3.05) is 7.11 Å². The van der Waals surface area contributed by atoms with Gasteiger partial charge in [-0.25, -0.2) is 9.59 Å². The van der Waals surface area contributed by atoms with Gasteiger partial charge in [0, 0.05) is 0 Å². The molecule has 3 aromatic carbocycles. The number of ether oxygens (including phenoxy) is 3. The highest BCUT2D eigenvalue weighted by Gasteiger charge is 2.17. The van der Waals surface area contributed by atoms with E-state index in [9.17, 15) is 9.59 Å². The molecule has 0 radical (unpaired) electrons. The van der Waals surface area contributed by atoms with Crippen molar-refractivity contribution in [1.82, 2.24) is 0 Å². The quantitative estimate of drug-likeness (QED) is 0.404. The van der Waals surface area contributed by atoms with Gasteiger partial charge in [-0.15, -0.1) is 0 Å². The normalized spacial score (nSPS) is 10.5. The standard InChI is InChI=1S/C24H22O5/c1-16(2)19-8-4-5-9-20(19)17-12-14-18(15-13-17)28-24(26)29-22-11-7-6-10-21(22)23(25)27-3/h4-16H,1-3H3. The van der Waals surface area contributed by atoms with Crippen molar-refractivity contribution in [2.24, 2.45) is 0 Å². The molecule has 0 heterocycles. The van der Waals surface area contributed by atoms with E-state index in [1.165, 1.54) is 24.8 Å². The minimum absolute atomic E-state index is 0.0758. The molecule has 5 heteroatoms. The predicted octanol–water partition coefficient (Wildman–Crippen LogP) is 5.84. The molecule has 0 atom stereocenters. The average molecular weight is 390 g/mol. The van der Waals surface area contributed by atoms with Crippen LogP contribution in [0.15, 0.2) is 72.8 Å². The second-order valence-electron chi connectivity index (χ2n) is 6.71. The van der Waals surface area contributed by atoms with E-state index in [1.807, 2.05) is 24.3 Å². The van der Waals surface area contributed by atoms with Gasteiger partial charge in [-0.1, -0.05) is 62.4 Å². The smallest absolute Gasteiger partial charge is 0.465 e. The van der Waals surface area contributed by atoms with E-state index in [4.69, 9.17) is 9.47 Å². The second kappa shape index (κ2) is 9.06. The number of benzene rings is 3. The Hall–Kier alpha value is -3.60. The summed E-state index contributed by atoms with van der Waals surface area (Å²) in [4.78, 5) is 23.9. The molecule has 0 bridgehead atoms. The lowest BCUT2D eigenvalue weighted by atomic mass is 9.93. The number of hydrogen-bond acceptors (Lipinski definition) is 5. The Bertz CT molecular complexity index is 1010. The molecule has 0 spiro atoms. The first-order valence-corrected chi connectivity index (χ1v) is 9.26. The van der Waals surface area contributed by atoms with Crippen LogP contribution in [-0.4, -0.2) is 19.2 Å². The van der Waals surface area contributed by atoms with Crippen LogP contribution in [0.1, 0.15) is 35.7 Å². The van der Waals surface area contributed by atoms with Crippen LogP contribution >= 0.6 is 0 Å². The first kappa shape index (κ1) is 20.1. The molecule has 0 aliphatic rings. The first-order chi connectivity index (χ1) is 14.0. The molecular weight excluding hydrogens is 368 g/mol. The summed E-state index contributed by atoms with van der Waals surface area (Å²) in [5.74, 6) is 0.219. The summed E-state index contributed by atoms with van der Waals surface area (Å²) in [6.45, 7) is 4.30. The van der Waals surface area contributed by atoms with Crippen LogP contribution in [0.4, 0.5) is 4.79 Å². The monoisotopic (exact) mass is 390 g/mol. The molecule has 0 aromatic heterocycles. The molecule has 0 aliphatic heterocycles. The van der Waals surface area contributed by atoms with Crippen LogP contribution in [0.2, 0.25) is 0 Å². The Morgan fingerprint density at radius 3 is 2.14 bits per heavy atom. The number of hydrogen-bond donors (Lipinski definition) is 0. The lowest BCUT2D eigenvalue weighted by Gasteiger charge is -2.13. The number of para-hydroxylation sites is 1. The molecule has 0 fully saturated rings. The number of rotatable bonds is 5. The van der Waals surface area contributed by atoms with Crippen LogP contribution in [0.3, 0.4) is 0 Å². The number of carbonyl (C=O) groups is 2. The van der Waals surface area contributed by atoms with E-state index in [1.54, 1.807) is 24.3 Å². The maximum Gasteiger partial charge on any atom is 0.519 e. The third-order valence-corrected chi connectivity index (χ3v) is 4.43. The summed E-state index contributed by atoms with van der Waals surface area (Å²) in [5.41, 5.74) is 3.57. The third kappa shape index (κ3) is 4.82. The Labute approximate surface area is 169 Å². The molecule has 0 saturated carbocycles. The zero-order valence-electron chi connectivity index (χ0n) is 16.5. The highest BCUT2D eigenvalue weighted by Crippen LogP contribution is 2.30. The number of esters is 1. The van der Waals surface area contributed by atoms with Gasteiger partial charge in [-0.2, -0.15) is 0 Å². The maximum atomic E-state index is 12.1. The van der Waals surface area contributed by atoms with Crippen LogP contribution in [0.25, 0.3) is 11.1 Å². The van der Waals surface area contributed by atoms with Gasteiger partial charge in [-0.3, -0.25) is 0 Å². The van der Waals surface area contributed by atoms with Gasteiger partial charge in [-0.05, 0) is 46.9 Å². The zero-order chi connectivity index (χ0) is 20.8. The van der Waals surface area contributed by atoms with E-state index in [-0.39, 0.29) is 11.3 Å². The van der Waals surface area contributed by atoms with Crippen LogP contribution in [0.5, 0.6) is 11.5 Å². The largest absolute Gasteiger partial charge is 0.519 e. The molecule has 0 N–H and O–H groups in total. The highest BCUT2D eigenvalue weighted by molar-refractivity contribution is 5.93. The van der Waals surface area contributed by atoms with Gasteiger partial charge in [0.2, 0.25) is 0 Å². The van der Waals surface area contributed by atoms with E-state index in [0.717, 1.165) is 11.1 Å². The Kier molecular flexibility index (Phi) is 6.29. The SMILES string of the molecule is COC(=O)c1ccccc1OC(=O)Oc1ccc(-c2ccccc2C(C)C)cc1. The second-order valence-corrected chi connectivity index (χ2v) is 6.71. The molecule has 0 saturated heterocycles. The van der Waals surface area contributed by atoms with Crippen molar-refractivity contribution in [1.29, 1.82) is 0 Å². The molecule has 3 aromatic rings. The predicted molar refractivity (Wildman–Crippen MR) is 110 cm³/mol. The topological polar surface area (TPSA) is 61.8 Å². The summed E-state index contributed by atoms with van der Waals surface area (Å²) in [6.07, 6.45) is -0.934. The molecule has 5 nitrogen and oxygen atoms in total. The highest BCUT2D eigenvalue weighted by atomic mass is 16.7. The van der Waals surface area contributed by atoms with Gasteiger partial charge in [0.15, 0.2) is 0 Å². The summed E-state index contributed by atoms with van der Waals surface area (Å²) in [6, 6.07) is 21.7. The first-order valence-electron chi connectivity index (χ1n) is 9.26. The number of carbonyl (C=O) groups excluding carboxylic acids is 2. The molecule has 29 heavy (non-hydrogen) atoms. The Morgan fingerprint density at radius 2 is 1.45 bits per heavy atom. The minimum Gasteiger partial charge on any atom is -0.465 e. The minimum atomic E-state index is -0.934. The summed E-state index contributed by atoms with van der Waals surface area (Å²) >= 11 is 0. The summed E-state index contributed by atoms with van der Waals surface area (Å²) < 4.78 is 15.1. The summed E-state index contributed by atoms with van der Waals surface area (Å²) in [7, 11) is 1.26. The van der Waals surface area contributed by atoms with Gasteiger partial charge < -0.3 is 14.2 Å². The third-order valence-electron chi connectivity index (χ3n) is 4.43. The van der Waals surface area contributed by atoms with E-state index >= 15 is 0 Å². The van der Waals surface area contributed by atoms with Crippen molar-refractivity contribution in [2.45, 2.75) is 19.8 Å². The van der Waals surface area contributed by atoms with Crippen molar-refractivity contribution in [3.05, 3.63) is 83.9 Å². The Balaban J connectivity index is 1.73. The fraction of sp³-hybridized carbons (Fsp3) is 0.167. The average Bonchev–Trinajstić information content (AvgIpc) is 2.74. The van der Waals surface area contributed by atoms with Gasteiger partial charge >= 0.3 is 12.1 Å². The fourth-order valence-corrected chi connectivity index (χ4v) is 3.01. The van der Waals surface area contributed by atoms with Crippen molar-refractivity contribution in [3.8, 4) is 22.6 Å². The molecular formula is C24H22O5. The fourth-order valence-electron chi connectivity index (χ4n) is 3.01. The maximum absolute atomic E-state index is 12.1. The Morgan fingerprint density at radius 1 is 0.793 bits per heavy atom. The van der Waals surface area contributed by atoms with E-state index in [0.29, 0.717) is 11.7 Å². The van der Waals surface area contributed by atoms with E-state index in [2.05, 4.69) is 30.7 Å². The van der Waals surface area contributed by atoms with Crippen molar-refractivity contribution < 1.29 is 23.8 Å². The van der Waals surface area contributed by atoms with Gasteiger partial charge in [0.05, 0.1) is 7.11 Å². The number of methoxy groups -OCH3 is 1. The molecule has 0 amide bonds. The van der Waals surface area contributed by atoms with Crippen molar-refractivity contribution >= 4 is 12.1 Å². The van der Waals surface area contributed by atoms with Crippen molar-refractivity contribution in [3.63, 3.8) is 0 Å². The molecule has 0 aliphatic carbocycles. The van der Waals surface area contributed by atoms with Crippen LogP contribution < -0.4 is 9.47 Å². The van der Waals surface area contributed by atoms with Crippen LogP contribution in [0, 0.1) is 0 Å². The zero-order valence-corrected chi connectivity index (χ0v) is 16.5. The lowest BCUT2D eigenvalue weighted by molar-refractivity contribution is 0.0597. The summed E-state index contributed by atoms with van der Waals surface area (Å²) in [5, 5.41) is 0. The molecule has 3 rings (SSSR count). The lowest BCUT2D eigenvalue weighted by Crippen LogP contribution is -2.16. The molecule has 148 valence electrons. The van der Waals surface area contributed by atoms with E-state index < -0.39 is 12.1 Å². The van der Waals surface area contributed by atoms with Gasteiger partial charge in [0.25, 0.3) is 0 Å². The van der Waals surface area contributed by atoms with Crippen LogP contribution in [-0.2, 0) is 4.74 Å². The molecule has 0 unspecified atom stereocenters. The van der Waals surface area contributed by atoms with Gasteiger partial charge in [0.1, 0.15) is 17.1 Å².